The van der Waals surface area contributed by atoms with Gasteiger partial charge in [0.05, 0.1) is 0 Å². The second kappa shape index (κ2) is 5.41. The lowest BCUT2D eigenvalue weighted by molar-refractivity contribution is -0.134. The van der Waals surface area contributed by atoms with Crippen molar-refractivity contribution in [2.45, 2.75) is 18.3 Å². The summed E-state index contributed by atoms with van der Waals surface area (Å²) in [4.78, 5) is 13.5. The fourth-order valence-corrected chi connectivity index (χ4v) is 2.53. The van der Waals surface area contributed by atoms with Gasteiger partial charge in [0, 0.05) is 30.6 Å². The Bertz CT molecular complexity index is 426. The van der Waals surface area contributed by atoms with Crippen LogP contribution in [-0.2, 0) is 14.9 Å². The fourth-order valence-electron chi connectivity index (χ4n) is 2.27. The van der Waals surface area contributed by atoms with E-state index in [0.717, 1.165) is 23.9 Å². The Hall–Kier alpha value is -0.870. The summed E-state index contributed by atoms with van der Waals surface area (Å²) in [5, 5.41) is 0. The summed E-state index contributed by atoms with van der Waals surface area (Å²) < 4.78 is 5.97. The van der Waals surface area contributed by atoms with Crippen LogP contribution in [-0.4, -0.2) is 38.1 Å². The van der Waals surface area contributed by atoms with Crippen molar-refractivity contribution in [1.82, 2.24) is 4.90 Å². The van der Waals surface area contributed by atoms with E-state index in [0.29, 0.717) is 0 Å². The lowest BCUT2D eigenvalue weighted by atomic mass is 9.95. The van der Waals surface area contributed by atoms with Gasteiger partial charge in [0.1, 0.15) is 6.61 Å². The molecule has 1 aliphatic rings. The molecule has 1 saturated carbocycles. The van der Waals surface area contributed by atoms with Gasteiger partial charge < -0.3 is 9.64 Å². The summed E-state index contributed by atoms with van der Waals surface area (Å²) in [5.41, 5.74) is 1.49. The van der Waals surface area contributed by atoms with E-state index in [2.05, 4.69) is 40.2 Å². The Morgan fingerprint density at radius 3 is 2.50 bits per heavy atom. The van der Waals surface area contributed by atoms with Gasteiger partial charge in [-0.2, -0.15) is 0 Å². The second-order valence-corrected chi connectivity index (χ2v) is 5.89. The van der Waals surface area contributed by atoms with Crippen molar-refractivity contribution < 1.29 is 9.53 Å². The van der Waals surface area contributed by atoms with Crippen LogP contribution in [0.2, 0.25) is 0 Å². The van der Waals surface area contributed by atoms with Gasteiger partial charge in [0.15, 0.2) is 0 Å². The largest absolute Gasteiger partial charge is 0.375 e. The summed E-state index contributed by atoms with van der Waals surface area (Å²) >= 11 is 3.45. The summed E-state index contributed by atoms with van der Waals surface area (Å²) in [6, 6.07) is 8.41. The predicted octanol–water partition coefficient (Wildman–Crippen LogP) is 2.59. The molecule has 0 spiro atoms. The van der Waals surface area contributed by atoms with Gasteiger partial charge in [0.2, 0.25) is 5.91 Å². The Balaban J connectivity index is 2.04. The maximum Gasteiger partial charge on any atom is 0.248 e. The van der Waals surface area contributed by atoms with Crippen LogP contribution >= 0.6 is 15.9 Å². The molecule has 0 N–H and O–H groups in total. The first-order valence-corrected chi connectivity index (χ1v) is 6.86. The van der Waals surface area contributed by atoms with Gasteiger partial charge in [-0.25, -0.2) is 0 Å². The molecule has 0 bridgehead atoms. The highest BCUT2D eigenvalue weighted by Gasteiger charge is 2.45. The number of carbonyl (C=O) groups excluding carboxylic acids is 1. The number of amides is 1. The normalized spacial score (nSPS) is 16.4. The minimum absolute atomic E-state index is 0.0425. The Morgan fingerprint density at radius 1 is 1.39 bits per heavy atom. The maximum absolute atomic E-state index is 11.7. The standard InChI is InChI=1S/C14H18BrNO2/c1-16(13(17)9-18-2)10-14(7-8-14)11-3-5-12(15)6-4-11/h3-6H,7-10H2,1-2H3. The maximum atomic E-state index is 11.7. The molecule has 18 heavy (non-hydrogen) atoms. The van der Waals surface area contributed by atoms with Crippen LogP contribution < -0.4 is 0 Å². The molecule has 98 valence electrons. The van der Waals surface area contributed by atoms with Crippen LogP contribution in [0.25, 0.3) is 0 Å². The first-order chi connectivity index (χ1) is 8.57. The van der Waals surface area contributed by atoms with Gasteiger partial charge in [0.25, 0.3) is 0 Å². The molecule has 0 saturated heterocycles. The molecule has 0 aliphatic heterocycles. The predicted molar refractivity (Wildman–Crippen MR) is 74.6 cm³/mol. The van der Waals surface area contributed by atoms with Crippen LogP contribution in [0.3, 0.4) is 0 Å². The lowest BCUT2D eigenvalue weighted by Gasteiger charge is -2.24. The average Bonchev–Trinajstić information content (AvgIpc) is 3.11. The van der Waals surface area contributed by atoms with Crippen molar-refractivity contribution in [2.75, 3.05) is 27.3 Å². The van der Waals surface area contributed by atoms with Gasteiger partial charge in [-0.15, -0.1) is 0 Å². The number of carbonyl (C=O) groups is 1. The van der Waals surface area contributed by atoms with Gasteiger partial charge >= 0.3 is 0 Å². The molecule has 0 unspecified atom stereocenters. The van der Waals surface area contributed by atoms with E-state index in [1.54, 1.807) is 12.0 Å². The van der Waals surface area contributed by atoms with E-state index >= 15 is 0 Å². The molecule has 3 nitrogen and oxygen atoms in total. The van der Waals surface area contributed by atoms with E-state index in [1.807, 2.05) is 7.05 Å². The Labute approximate surface area is 116 Å². The first kappa shape index (κ1) is 13.6. The molecule has 0 radical (unpaired) electrons. The summed E-state index contributed by atoms with van der Waals surface area (Å²) in [5.74, 6) is 0.0425. The smallest absolute Gasteiger partial charge is 0.248 e. The molecule has 1 aliphatic carbocycles. The van der Waals surface area contributed by atoms with Crippen LogP contribution in [0, 0.1) is 0 Å². The molecule has 2 rings (SSSR count). The summed E-state index contributed by atoms with van der Waals surface area (Å²) in [6.45, 7) is 0.934. The second-order valence-electron chi connectivity index (χ2n) is 4.97. The van der Waals surface area contributed by atoms with Crippen molar-refractivity contribution in [3.63, 3.8) is 0 Å². The number of hydrogen-bond donors (Lipinski definition) is 0. The van der Waals surface area contributed by atoms with Gasteiger partial charge in [-0.3, -0.25) is 4.79 Å². The number of benzene rings is 1. The zero-order valence-corrected chi connectivity index (χ0v) is 12.4. The van der Waals surface area contributed by atoms with Crippen LogP contribution in [0.4, 0.5) is 0 Å². The third-order valence-electron chi connectivity index (χ3n) is 3.54. The van der Waals surface area contributed by atoms with Crippen LogP contribution in [0.15, 0.2) is 28.7 Å². The van der Waals surface area contributed by atoms with Crippen molar-refractivity contribution in [2.24, 2.45) is 0 Å². The highest BCUT2D eigenvalue weighted by atomic mass is 79.9. The van der Waals surface area contributed by atoms with Crippen LogP contribution in [0.5, 0.6) is 0 Å². The van der Waals surface area contributed by atoms with E-state index < -0.39 is 0 Å². The molecule has 1 aromatic rings. The lowest BCUT2D eigenvalue weighted by Crippen LogP contribution is -2.36. The number of halogens is 1. The van der Waals surface area contributed by atoms with E-state index in [1.165, 1.54) is 5.56 Å². The molecule has 1 fully saturated rings. The number of nitrogens with zero attached hydrogens (tertiary/aromatic N) is 1. The molecule has 0 heterocycles. The molecule has 1 amide bonds. The van der Waals surface area contributed by atoms with E-state index in [4.69, 9.17) is 4.74 Å². The number of ether oxygens (including phenoxy) is 1. The molecule has 0 atom stereocenters. The number of rotatable bonds is 5. The van der Waals surface area contributed by atoms with E-state index in [9.17, 15) is 4.79 Å². The zero-order chi connectivity index (χ0) is 13.2. The number of likely N-dealkylation sites (N-methyl/N-ethyl adjacent to an activating group) is 1. The average molecular weight is 312 g/mol. The van der Waals surface area contributed by atoms with Crippen molar-refractivity contribution in [3.8, 4) is 0 Å². The molecular formula is C14H18BrNO2. The molecular weight excluding hydrogens is 294 g/mol. The van der Waals surface area contributed by atoms with Gasteiger partial charge in [-0.05, 0) is 30.5 Å². The zero-order valence-electron chi connectivity index (χ0n) is 10.8. The third kappa shape index (κ3) is 2.93. The fraction of sp³-hybridized carbons (Fsp3) is 0.500. The first-order valence-electron chi connectivity index (χ1n) is 6.06. The SMILES string of the molecule is COCC(=O)N(C)CC1(c2ccc(Br)cc2)CC1. The highest BCUT2D eigenvalue weighted by molar-refractivity contribution is 9.10. The molecule has 1 aromatic carbocycles. The quantitative estimate of drug-likeness (QED) is 0.836. The van der Waals surface area contributed by atoms with Crippen molar-refractivity contribution >= 4 is 21.8 Å². The van der Waals surface area contributed by atoms with Crippen LogP contribution in [0.1, 0.15) is 18.4 Å². The monoisotopic (exact) mass is 311 g/mol. The highest BCUT2D eigenvalue weighted by Crippen LogP contribution is 2.48. The molecule has 0 aromatic heterocycles. The number of methoxy groups -OCH3 is 1. The van der Waals surface area contributed by atoms with Crippen molar-refractivity contribution in [1.29, 1.82) is 0 Å². The van der Waals surface area contributed by atoms with Crippen molar-refractivity contribution in [3.05, 3.63) is 34.3 Å². The topological polar surface area (TPSA) is 29.5 Å². The summed E-state index contributed by atoms with van der Waals surface area (Å²) in [6.07, 6.45) is 2.30. The summed E-state index contributed by atoms with van der Waals surface area (Å²) in [7, 11) is 3.40. The number of hydrogen-bond acceptors (Lipinski definition) is 2. The Kier molecular flexibility index (Phi) is 4.07. The van der Waals surface area contributed by atoms with Gasteiger partial charge in [-0.1, -0.05) is 28.1 Å². The minimum atomic E-state index is 0.0425. The minimum Gasteiger partial charge on any atom is -0.375 e. The van der Waals surface area contributed by atoms with E-state index in [-0.39, 0.29) is 17.9 Å². The third-order valence-corrected chi connectivity index (χ3v) is 4.07. The molecule has 4 heteroatoms. The Morgan fingerprint density at radius 2 is 2.00 bits per heavy atom.